The van der Waals surface area contributed by atoms with Crippen molar-refractivity contribution < 1.29 is 0 Å². The second-order valence-corrected chi connectivity index (χ2v) is 7.64. The lowest BCUT2D eigenvalue weighted by atomic mass is 10.0. The highest BCUT2D eigenvalue weighted by Crippen LogP contribution is 2.19. The van der Waals surface area contributed by atoms with Crippen LogP contribution < -0.4 is 10.9 Å². The average Bonchev–Trinajstić information content (AvgIpc) is 3.18. The van der Waals surface area contributed by atoms with Gasteiger partial charge in [-0.3, -0.25) is 9.69 Å². The number of anilines is 1. The van der Waals surface area contributed by atoms with Crippen LogP contribution in [-0.4, -0.2) is 45.3 Å². The molecule has 0 aromatic carbocycles. The number of nitriles is 1. The van der Waals surface area contributed by atoms with Crippen LogP contribution in [0.15, 0.2) is 29.2 Å². The molecular weight excluding hydrogens is 352 g/mol. The van der Waals surface area contributed by atoms with Gasteiger partial charge >= 0.3 is 0 Å². The van der Waals surface area contributed by atoms with Crippen molar-refractivity contribution in [3.63, 3.8) is 0 Å². The third-order valence-corrected chi connectivity index (χ3v) is 5.78. The molecule has 2 aliphatic rings. The monoisotopic (exact) mass is 378 g/mol. The first-order valence-electron chi connectivity index (χ1n) is 10.2. The van der Waals surface area contributed by atoms with E-state index in [0.29, 0.717) is 18.2 Å². The number of piperidine rings is 1. The molecule has 7 nitrogen and oxygen atoms in total. The van der Waals surface area contributed by atoms with E-state index < -0.39 is 0 Å². The van der Waals surface area contributed by atoms with E-state index in [0.717, 1.165) is 62.4 Å². The Labute approximate surface area is 165 Å². The van der Waals surface area contributed by atoms with E-state index in [1.807, 2.05) is 6.07 Å². The zero-order valence-electron chi connectivity index (χ0n) is 16.1. The van der Waals surface area contributed by atoms with Crippen molar-refractivity contribution in [3.8, 4) is 6.07 Å². The van der Waals surface area contributed by atoms with E-state index in [4.69, 9.17) is 5.26 Å². The van der Waals surface area contributed by atoms with Gasteiger partial charge in [-0.15, -0.1) is 0 Å². The van der Waals surface area contributed by atoms with Crippen molar-refractivity contribution in [2.24, 2.45) is 0 Å². The molecule has 1 fully saturated rings. The maximum absolute atomic E-state index is 12.3. The van der Waals surface area contributed by atoms with Crippen LogP contribution in [0, 0.1) is 11.3 Å². The predicted octanol–water partition coefficient (Wildman–Crippen LogP) is 1.97. The van der Waals surface area contributed by atoms with Crippen molar-refractivity contribution in [2.75, 3.05) is 25.0 Å². The van der Waals surface area contributed by atoms with Gasteiger partial charge in [-0.2, -0.15) is 10.4 Å². The number of hydrogen-bond acceptors (Lipinski definition) is 6. The fraction of sp³-hybridized carbons (Fsp3) is 0.524. The van der Waals surface area contributed by atoms with Gasteiger partial charge in [0.15, 0.2) is 0 Å². The Kier molecular flexibility index (Phi) is 5.68. The molecule has 0 radical (unpaired) electrons. The van der Waals surface area contributed by atoms with Crippen LogP contribution in [0.3, 0.4) is 0 Å². The lowest BCUT2D eigenvalue weighted by Crippen LogP contribution is -2.45. The Morgan fingerprint density at radius 1 is 1.21 bits per heavy atom. The first kappa shape index (κ1) is 18.6. The van der Waals surface area contributed by atoms with E-state index in [-0.39, 0.29) is 5.56 Å². The number of rotatable bonds is 6. The van der Waals surface area contributed by atoms with E-state index in [9.17, 15) is 4.79 Å². The zero-order valence-corrected chi connectivity index (χ0v) is 16.1. The van der Waals surface area contributed by atoms with Gasteiger partial charge in [0.05, 0.1) is 17.8 Å². The normalized spacial score (nSPS) is 19.2. The SMILES string of the molecule is N#Cc1ccc(NCC2CCCCN2CCn2nc3c(cc2=O)CCC3)nc1. The summed E-state index contributed by atoms with van der Waals surface area (Å²) < 4.78 is 1.64. The summed E-state index contributed by atoms with van der Waals surface area (Å²) in [5.41, 5.74) is 2.82. The highest BCUT2D eigenvalue weighted by molar-refractivity contribution is 5.39. The molecule has 1 N–H and O–H groups in total. The number of pyridine rings is 1. The lowest BCUT2D eigenvalue weighted by Gasteiger charge is -2.35. The summed E-state index contributed by atoms with van der Waals surface area (Å²) in [5.74, 6) is 0.793. The molecule has 0 amide bonds. The van der Waals surface area contributed by atoms with Crippen LogP contribution in [0.1, 0.15) is 42.5 Å². The molecule has 3 heterocycles. The quantitative estimate of drug-likeness (QED) is 0.827. The van der Waals surface area contributed by atoms with E-state index in [2.05, 4.69) is 26.4 Å². The van der Waals surface area contributed by atoms with Gasteiger partial charge in [0, 0.05) is 31.4 Å². The fourth-order valence-corrected chi connectivity index (χ4v) is 4.20. The van der Waals surface area contributed by atoms with E-state index >= 15 is 0 Å². The van der Waals surface area contributed by atoms with Crippen LogP contribution in [0.4, 0.5) is 5.82 Å². The van der Waals surface area contributed by atoms with Crippen LogP contribution in [0.25, 0.3) is 0 Å². The van der Waals surface area contributed by atoms with E-state index in [1.165, 1.54) is 12.8 Å². The van der Waals surface area contributed by atoms with Gasteiger partial charge in [-0.25, -0.2) is 9.67 Å². The predicted molar refractivity (Wildman–Crippen MR) is 107 cm³/mol. The summed E-state index contributed by atoms with van der Waals surface area (Å²) in [4.78, 5) is 19.1. The van der Waals surface area contributed by atoms with Gasteiger partial charge < -0.3 is 5.32 Å². The average molecular weight is 378 g/mol. The van der Waals surface area contributed by atoms with Crippen molar-refractivity contribution in [1.82, 2.24) is 19.7 Å². The summed E-state index contributed by atoms with van der Waals surface area (Å²) >= 11 is 0. The van der Waals surface area contributed by atoms with Crippen molar-refractivity contribution in [1.29, 1.82) is 5.26 Å². The Balaban J connectivity index is 1.36. The number of likely N-dealkylation sites (tertiary alicyclic amines) is 1. The standard InChI is InChI=1S/C21H26N6O/c22-13-16-7-8-20(23-14-16)24-15-18-5-1-2-9-26(18)10-11-27-21(28)12-17-4-3-6-19(17)25-27/h7-8,12,14,18H,1-6,9-11,15H2,(H,23,24). The third-order valence-electron chi connectivity index (χ3n) is 5.78. The summed E-state index contributed by atoms with van der Waals surface area (Å²) in [5, 5.41) is 16.9. The molecule has 0 saturated carbocycles. The number of nitrogens with one attached hydrogen (secondary N) is 1. The molecule has 0 spiro atoms. The molecular formula is C21H26N6O. The van der Waals surface area contributed by atoms with Crippen LogP contribution >= 0.6 is 0 Å². The van der Waals surface area contributed by atoms with Crippen LogP contribution in [-0.2, 0) is 19.4 Å². The third kappa shape index (κ3) is 4.23. The molecule has 2 aromatic heterocycles. The molecule has 28 heavy (non-hydrogen) atoms. The van der Waals surface area contributed by atoms with Gasteiger partial charge in [0.25, 0.3) is 5.56 Å². The number of aromatic nitrogens is 3. The minimum Gasteiger partial charge on any atom is -0.369 e. The number of nitrogens with zero attached hydrogens (tertiary/aromatic N) is 5. The highest BCUT2D eigenvalue weighted by Gasteiger charge is 2.23. The van der Waals surface area contributed by atoms with E-state index in [1.54, 1.807) is 23.0 Å². The Bertz CT molecular complexity index is 914. The molecule has 1 aliphatic carbocycles. The lowest BCUT2D eigenvalue weighted by molar-refractivity contribution is 0.148. The summed E-state index contributed by atoms with van der Waals surface area (Å²) in [7, 11) is 0. The molecule has 1 atom stereocenters. The van der Waals surface area contributed by atoms with Gasteiger partial charge in [0.1, 0.15) is 11.9 Å². The highest BCUT2D eigenvalue weighted by atomic mass is 16.1. The summed E-state index contributed by atoms with van der Waals surface area (Å²) in [6.45, 7) is 3.33. The first-order chi connectivity index (χ1) is 13.7. The smallest absolute Gasteiger partial charge is 0.267 e. The van der Waals surface area contributed by atoms with Gasteiger partial charge in [0.2, 0.25) is 0 Å². The largest absolute Gasteiger partial charge is 0.369 e. The second kappa shape index (κ2) is 8.53. The maximum atomic E-state index is 12.3. The Morgan fingerprint density at radius 2 is 2.14 bits per heavy atom. The second-order valence-electron chi connectivity index (χ2n) is 7.64. The molecule has 1 saturated heterocycles. The number of fused-ring (bicyclic) bond motifs is 1. The maximum Gasteiger partial charge on any atom is 0.267 e. The first-order valence-corrected chi connectivity index (χ1v) is 10.2. The van der Waals surface area contributed by atoms with Crippen molar-refractivity contribution in [3.05, 3.63) is 51.6 Å². The summed E-state index contributed by atoms with van der Waals surface area (Å²) in [6.07, 6.45) is 8.22. The molecule has 2 aromatic rings. The molecule has 1 unspecified atom stereocenters. The van der Waals surface area contributed by atoms with Crippen molar-refractivity contribution >= 4 is 5.82 Å². The molecule has 4 rings (SSSR count). The van der Waals surface area contributed by atoms with Crippen LogP contribution in [0.2, 0.25) is 0 Å². The minimum atomic E-state index is 0.0223. The Morgan fingerprint density at radius 3 is 2.96 bits per heavy atom. The van der Waals surface area contributed by atoms with Crippen molar-refractivity contribution in [2.45, 2.75) is 51.1 Å². The number of aryl methyl sites for hydroxylation is 2. The fourth-order valence-electron chi connectivity index (χ4n) is 4.20. The molecule has 0 bridgehead atoms. The number of hydrogen-bond donors (Lipinski definition) is 1. The summed E-state index contributed by atoms with van der Waals surface area (Å²) in [6, 6.07) is 7.90. The minimum absolute atomic E-state index is 0.0223. The topological polar surface area (TPSA) is 86.8 Å². The zero-order chi connectivity index (χ0) is 19.3. The van der Waals surface area contributed by atoms with Gasteiger partial charge in [-0.05, 0) is 56.3 Å². The Hall–Kier alpha value is -2.72. The molecule has 1 aliphatic heterocycles. The molecule has 146 valence electrons. The molecule has 7 heteroatoms. The van der Waals surface area contributed by atoms with Crippen LogP contribution in [0.5, 0.6) is 0 Å². The van der Waals surface area contributed by atoms with Gasteiger partial charge in [-0.1, -0.05) is 6.42 Å².